The van der Waals surface area contributed by atoms with Gasteiger partial charge in [0.2, 0.25) is 0 Å². The summed E-state index contributed by atoms with van der Waals surface area (Å²) in [6.07, 6.45) is -1.62. The minimum Gasteiger partial charge on any atom is -0.461 e. The Hall–Kier alpha value is -4.08. The summed E-state index contributed by atoms with van der Waals surface area (Å²) in [5, 5.41) is 4.91. The van der Waals surface area contributed by atoms with Crippen molar-refractivity contribution in [2.45, 2.75) is 71.8 Å². The highest BCUT2D eigenvalue weighted by Crippen LogP contribution is 2.13. The average molecular weight is 529 g/mol. The van der Waals surface area contributed by atoms with Crippen molar-refractivity contribution in [2.75, 3.05) is 11.9 Å². The molecule has 0 bridgehead atoms. The molecule has 0 saturated heterocycles. The topological polar surface area (TPSA) is 129 Å². The van der Waals surface area contributed by atoms with Crippen LogP contribution in [0.2, 0.25) is 0 Å². The fourth-order valence-corrected chi connectivity index (χ4v) is 2.97. The number of nitrogens with one attached hydrogen (secondary N) is 2. The van der Waals surface area contributed by atoms with Gasteiger partial charge in [-0.05, 0) is 64.8 Å². The second-order valence-electron chi connectivity index (χ2n) is 10.5. The molecule has 2 rings (SSSR count). The maximum Gasteiger partial charge on any atom is 0.411 e. The Kier molecular flexibility index (Phi) is 10.7. The SMILES string of the molecule is CC(C)(C)OC(=O)NC(COC(=O)Nc1ccc(CC(=O)OCc2ccccc2)cc1)C(=O)OC(C)(C)C. The van der Waals surface area contributed by atoms with Crippen molar-refractivity contribution in [2.24, 2.45) is 0 Å². The van der Waals surface area contributed by atoms with Crippen molar-refractivity contribution in [3.8, 4) is 0 Å². The highest BCUT2D eigenvalue weighted by Gasteiger charge is 2.30. The van der Waals surface area contributed by atoms with Gasteiger partial charge in [-0.2, -0.15) is 0 Å². The molecule has 0 aliphatic rings. The van der Waals surface area contributed by atoms with E-state index in [4.69, 9.17) is 18.9 Å². The van der Waals surface area contributed by atoms with Crippen LogP contribution in [0.3, 0.4) is 0 Å². The third kappa shape index (κ3) is 12.2. The highest BCUT2D eigenvalue weighted by molar-refractivity contribution is 5.86. The smallest absolute Gasteiger partial charge is 0.411 e. The van der Waals surface area contributed by atoms with Crippen LogP contribution in [0.25, 0.3) is 0 Å². The molecule has 206 valence electrons. The van der Waals surface area contributed by atoms with Crippen LogP contribution in [0.5, 0.6) is 0 Å². The van der Waals surface area contributed by atoms with E-state index in [2.05, 4.69) is 10.6 Å². The molecule has 10 heteroatoms. The standard InChI is InChI=1S/C28H36N2O8/c1-27(2,3)37-24(32)22(30-26(34)38-28(4,5)6)18-36-25(33)29-21-14-12-19(13-15-21)16-23(31)35-17-20-10-8-7-9-11-20/h7-15,22H,16-18H2,1-6H3,(H,29,33)(H,30,34). The molecule has 2 aromatic rings. The van der Waals surface area contributed by atoms with Crippen LogP contribution in [-0.2, 0) is 41.6 Å². The molecule has 1 atom stereocenters. The largest absolute Gasteiger partial charge is 0.461 e. The lowest BCUT2D eigenvalue weighted by atomic mass is 10.1. The number of carbonyl (C=O) groups excluding carboxylic acids is 4. The van der Waals surface area contributed by atoms with E-state index in [1.54, 1.807) is 65.8 Å². The van der Waals surface area contributed by atoms with Crippen molar-refractivity contribution >= 4 is 29.8 Å². The highest BCUT2D eigenvalue weighted by atomic mass is 16.6. The van der Waals surface area contributed by atoms with Crippen LogP contribution < -0.4 is 10.6 Å². The summed E-state index contributed by atoms with van der Waals surface area (Å²) in [4.78, 5) is 49.1. The van der Waals surface area contributed by atoms with Gasteiger partial charge in [0, 0.05) is 5.69 Å². The fraction of sp³-hybridized carbons (Fsp3) is 0.429. The number of ether oxygens (including phenoxy) is 4. The number of anilines is 1. The predicted molar refractivity (Wildman–Crippen MR) is 140 cm³/mol. The first kappa shape index (κ1) is 30.1. The molecule has 0 aliphatic heterocycles. The van der Waals surface area contributed by atoms with E-state index in [0.717, 1.165) is 5.56 Å². The minimum atomic E-state index is -1.28. The van der Waals surface area contributed by atoms with Gasteiger partial charge < -0.3 is 24.3 Å². The number of amides is 2. The van der Waals surface area contributed by atoms with Crippen LogP contribution >= 0.6 is 0 Å². The molecule has 0 aromatic heterocycles. The van der Waals surface area contributed by atoms with E-state index in [9.17, 15) is 19.2 Å². The molecule has 0 fully saturated rings. The third-order valence-electron chi connectivity index (χ3n) is 4.55. The molecule has 1 unspecified atom stereocenters. The quantitative estimate of drug-likeness (QED) is 0.352. The zero-order valence-electron chi connectivity index (χ0n) is 22.7. The predicted octanol–water partition coefficient (Wildman–Crippen LogP) is 4.76. The van der Waals surface area contributed by atoms with E-state index in [0.29, 0.717) is 11.3 Å². The van der Waals surface area contributed by atoms with Crippen LogP contribution in [-0.4, -0.2) is 48.0 Å². The van der Waals surface area contributed by atoms with E-state index >= 15 is 0 Å². The first-order chi connectivity index (χ1) is 17.7. The summed E-state index contributed by atoms with van der Waals surface area (Å²) >= 11 is 0. The molecule has 0 radical (unpaired) electrons. The minimum absolute atomic E-state index is 0.0749. The molecule has 2 amide bonds. The Labute approximate surface area is 223 Å². The molecular weight excluding hydrogens is 492 g/mol. The van der Waals surface area contributed by atoms with Gasteiger partial charge in [0.05, 0.1) is 6.42 Å². The maximum absolute atomic E-state index is 12.5. The zero-order valence-corrected chi connectivity index (χ0v) is 22.7. The van der Waals surface area contributed by atoms with E-state index in [1.165, 1.54) is 0 Å². The maximum atomic E-state index is 12.5. The van der Waals surface area contributed by atoms with Gasteiger partial charge in [-0.1, -0.05) is 42.5 Å². The summed E-state index contributed by atoms with van der Waals surface area (Å²) in [6.45, 7) is 9.78. The summed E-state index contributed by atoms with van der Waals surface area (Å²) in [5.74, 6) is -1.15. The first-order valence-corrected chi connectivity index (χ1v) is 12.1. The molecule has 0 saturated carbocycles. The molecule has 0 spiro atoms. The lowest BCUT2D eigenvalue weighted by Crippen LogP contribution is -2.48. The Bertz CT molecular complexity index is 1090. The number of benzene rings is 2. The molecule has 38 heavy (non-hydrogen) atoms. The molecule has 2 N–H and O–H groups in total. The average Bonchev–Trinajstić information content (AvgIpc) is 2.80. The van der Waals surface area contributed by atoms with E-state index in [1.807, 2.05) is 30.3 Å². The number of hydrogen-bond donors (Lipinski definition) is 2. The second-order valence-corrected chi connectivity index (χ2v) is 10.5. The van der Waals surface area contributed by atoms with Gasteiger partial charge in [-0.25, -0.2) is 14.4 Å². The van der Waals surface area contributed by atoms with Crippen molar-refractivity contribution in [3.63, 3.8) is 0 Å². The molecular formula is C28H36N2O8. The van der Waals surface area contributed by atoms with Crippen molar-refractivity contribution in [1.29, 1.82) is 0 Å². The summed E-state index contributed by atoms with van der Waals surface area (Å²) in [7, 11) is 0. The number of carbonyl (C=O) groups is 4. The van der Waals surface area contributed by atoms with E-state index in [-0.39, 0.29) is 19.0 Å². The molecule has 0 aliphatic carbocycles. The summed E-state index contributed by atoms with van der Waals surface area (Å²) < 4.78 is 20.9. The number of rotatable bonds is 9. The summed E-state index contributed by atoms with van der Waals surface area (Å²) in [5.41, 5.74) is 0.405. The van der Waals surface area contributed by atoms with Crippen LogP contribution in [0.4, 0.5) is 15.3 Å². The molecule has 2 aromatic carbocycles. The van der Waals surface area contributed by atoms with Gasteiger partial charge in [0.1, 0.15) is 24.4 Å². The Morgan fingerprint density at radius 2 is 1.34 bits per heavy atom. The van der Waals surface area contributed by atoms with Crippen LogP contribution in [0.1, 0.15) is 52.7 Å². The monoisotopic (exact) mass is 528 g/mol. The summed E-state index contributed by atoms with van der Waals surface area (Å²) in [6, 6.07) is 14.6. The van der Waals surface area contributed by atoms with Crippen molar-refractivity contribution < 1.29 is 38.1 Å². The normalized spacial score (nSPS) is 12.1. The fourth-order valence-electron chi connectivity index (χ4n) is 2.97. The van der Waals surface area contributed by atoms with E-state index < -0.39 is 42.0 Å². The third-order valence-corrected chi connectivity index (χ3v) is 4.55. The first-order valence-electron chi connectivity index (χ1n) is 12.1. The zero-order chi connectivity index (χ0) is 28.3. The van der Waals surface area contributed by atoms with Crippen molar-refractivity contribution in [3.05, 3.63) is 65.7 Å². The van der Waals surface area contributed by atoms with Gasteiger partial charge in [0.15, 0.2) is 6.04 Å². The Balaban J connectivity index is 1.87. The molecule has 10 nitrogen and oxygen atoms in total. The molecule has 0 heterocycles. The lowest BCUT2D eigenvalue weighted by molar-refractivity contribution is -0.158. The lowest BCUT2D eigenvalue weighted by Gasteiger charge is -2.26. The van der Waals surface area contributed by atoms with Crippen LogP contribution in [0.15, 0.2) is 54.6 Å². The van der Waals surface area contributed by atoms with Gasteiger partial charge in [-0.3, -0.25) is 10.1 Å². The van der Waals surface area contributed by atoms with Crippen molar-refractivity contribution in [1.82, 2.24) is 5.32 Å². The second kappa shape index (κ2) is 13.5. The Morgan fingerprint density at radius 1 is 0.737 bits per heavy atom. The number of alkyl carbamates (subject to hydrolysis) is 1. The van der Waals surface area contributed by atoms with Crippen LogP contribution in [0, 0.1) is 0 Å². The van der Waals surface area contributed by atoms with Gasteiger partial charge >= 0.3 is 24.1 Å². The number of esters is 2. The van der Waals surface area contributed by atoms with Gasteiger partial charge in [0.25, 0.3) is 0 Å². The van der Waals surface area contributed by atoms with Gasteiger partial charge in [-0.15, -0.1) is 0 Å². The number of hydrogen-bond acceptors (Lipinski definition) is 8. The Morgan fingerprint density at radius 3 is 1.92 bits per heavy atom.